The van der Waals surface area contributed by atoms with Crippen molar-refractivity contribution < 1.29 is 9.90 Å². The molecule has 0 bridgehead atoms. The zero-order valence-electron chi connectivity index (χ0n) is 12.5. The minimum Gasteiger partial charge on any atom is -0.388 e. The predicted octanol–water partition coefficient (Wildman–Crippen LogP) is 2.73. The van der Waals surface area contributed by atoms with E-state index in [2.05, 4.69) is 26.1 Å². The smallest absolute Gasteiger partial charge is 0.222 e. The van der Waals surface area contributed by atoms with Crippen molar-refractivity contribution in [3.8, 4) is 0 Å². The van der Waals surface area contributed by atoms with Gasteiger partial charge in [0.1, 0.15) is 0 Å². The molecule has 0 heterocycles. The average molecular weight is 255 g/mol. The third-order valence-electron chi connectivity index (χ3n) is 4.26. The van der Waals surface area contributed by atoms with Crippen LogP contribution in [0.4, 0.5) is 0 Å². The summed E-state index contributed by atoms with van der Waals surface area (Å²) in [7, 11) is 0. The lowest BCUT2D eigenvalue weighted by Gasteiger charge is -2.41. The van der Waals surface area contributed by atoms with Crippen molar-refractivity contribution in [2.75, 3.05) is 6.54 Å². The summed E-state index contributed by atoms with van der Waals surface area (Å²) in [5, 5.41) is 13.3. The van der Waals surface area contributed by atoms with Gasteiger partial charge in [-0.2, -0.15) is 0 Å². The molecule has 106 valence electrons. The van der Waals surface area contributed by atoms with Gasteiger partial charge in [0.25, 0.3) is 0 Å². The number of rotatable bonds is 3. The molecular formula is C15H29NO2. The second kappa shape index (κ2) is 5.60. The number of carbonyl (C=O) groups excluding carboxylic acids is 1. The van der Waals surface area contributed by atoms with Crippen LogP contribution in [0.3, 0.4) is 0 Å². The molecule has 0 aliphatic heterocycles. The highest BCUT2D eigenvalue weighted by Gasteiger charge is 2.37. The molecule has 1 aliphatic carbocycles. The van der Waals surface area contributed by atoms with Gasteiger partial charge in [-0.25, -0.2) is 0 Å². The van der Waals surface area contributed by atoms with Crippen LogP contribution in [-0.2, 0) is 4.79 Å². The van der Waals surface area contributed by atoms with Gasteiger partial charge in [0.2, 0.25) is 5.91 Å². The number of hydrogen-bond acceptors (Lipinski definition) is 2. The van der Waals surface area contributed by atoms with Gasteiger partial charge in [-0.3, -0.25) is 4.79 Å². The minimum absolute atomic E-state index is 0.0143. The standard InChI is InChI=1S/C15H29NO2/c1-11(2)13(17)16-10-15(18)8-6-12(7-9-15)14(3,4)5/h11-12,18H,6-10H2,1-5H3,(H,16,17). The van der Waals surface area contributed by atoms with Crippen molar-refractivity contribution in [1.29, 1.82) is 0 Å². The summed E-state index contributed by atoms with van der Waals surface area (Å²) in [6, 6.07) is 0. The van der Waals surface area contributed by atoms with Crippen LogP contribution in [0.1, 0.15) is 60.3 Å². The second-order valence-corrected chi connectivity index (χ2v) is 7.24. The molecule has 2 N–H and O–H groups in total. The fourth-order valence-corrected chi connectivity index (χ4v) is 2.65. The van der Waals surface area contributed by atoms with E-state index >= 15 is 0 Å². The molecule has 3 heteroatoms. The maximum Gasteiger partial charge on any atom is 0.222 e. The predicted molar refractivity (Wildman–Crippen MR) is 74.2 cm³/mol. The molecule has 0 aromatic heterocycles. The first kappa shape index (κ1) is 15.5. The Kier molecular flexibility index (Phi) is 4.82. The molecule has 0 spiro atoms. The van der Waals surface area contributed by atoms with E-state index in [-0.39, 0.29) is 11.8 Å². The third-order valence-corrected chi connectivity index (χ3v) is 4.26. The van der Waals surface area contributed by atoms with Crippen LogP contribution >= 0.6 is 0 Å². The van der Waals surface area contributed by atoms with E-state index in [9.17, 15) is 9.90 Å². The normalized spacial score (nSPS) is 29.4. The topological polar surface area (TPSA) is 49.3 Å². The molecule has 18 heavy (non-hydrogen) atoms. The van der Waals surface area contributed by atoms with Crippen LogP contribution in [0, 0.1) is 17.3 Å². The van der Waals surface area contributed by atoms with E-state index in [1.807, 2.05) is 13.8 Å². The molecule has 3 nitrogen and oxygen atoms in total. The average Bonchev–Trinajstić information content (AvgIpc) is 2.25. The SMILES string of the molecule is CC(C)C(=O)NCC1(O)CCC(C(C)(C)C)CC1. The molecule has 0 atom stereocenters. The van der Waals surface area contributed by atoms with Crippen LogP contribution in [-0.4, -0.2) is 23.2 Å². The molecule has 1 aliphatic rings. The first-order chi connectivity index (χ1) is 8.14. The molecule has 1 amide bonds. The van der Waals surface area contributed by atoms with Crippen molar-refractivity contribution in [1.82, 2.24) is 5.32 Å². The first-order valence-corrected chi connectivity index (χ1v) is 7.14. The van der Waals surface area contributed by atoms with E-state index < -0.39 is 5.60 Å². The molecule has 0 unspecified atom stereocenters. The Bertz CT molecular complexity index is 283. The van der Waals surface area contributed by atoms with E-state index in [1.165, 1.54) is 0 Å². The summed E-state index contributed by atoms with van der Waals surface area (Å²) < 4.78 is 0. The Morgan fingerprint density at radius 3 is 2.22 bits per heavy atom. The lowest BCUT2D eigenvalue weighted by Crippen LogP contribution is -2.47. The lowest BCUT2D eigenvalue weighted by molar-refractivity contribution is -0.125. The van der Waals surface area contributed by atoms with Gasteiger partial charge in [0.15, 0.2) is 0 Å². The number of nitrogens with one attached hydrogen (secondary N) is 1. The summed E-state index contributed by atoms with van der Waals surface area (Å²) >= 11 is 0. The van der Waals surface area contributed by atoms with Crippen molar-refractivity contribution in [2.24, 2.45) is 17.3 Å². The third kappa shape index (κ3) is 4.27. The Morgan fingerprint density at radius 2 is 1.83 bits per heavy atom. The van der Waals surface area contributed by atoms with Gasteiger partial charge in [-0.15, -0.1) is 0 Å². The van der Waals surface area contributed by atoms with Crippen molar-refractivity contribution in [2.45, 2.75) is 65.9 Å². The van der Waals surface area contributed by atoms with Crippen molar-refractivity contribution in [3.05, 3.63) is 0 Å². The number of amides is 1. The zero-order valence-corrected chi connectivity index (χ0v) is 12.5. The molecule has 1 rings (SSSR count). The summed E-state index contributed by atoms with van der Waals surface area (Å²) in [6.07, 6.45) is 3.70. The molecular weight excluding hydrogens is 226 g/mol. The van der Waals surface area contributed by atoms with Gasteiger partial charge in [-0.1, -0.05) is 34.6 Å². The van der Waals surface area contributed by atoms with Gasteiger partial charge in [-0.05, 0) is 37.0 Å². The van der Waals surface area contributed by atoms with Crippen LogP contribution < -0.4 is 5.32 Å². The highest BCUT2D eigenvalue weighted by molar-refractivity contribution is 5.77. The summed E-state index contributed by atoms with van der Waals surface area (Å²) in [4.78, 5) is 11.5. The highest BCUT2D eigenvalue weighted by atomic mass is 16.3. The fourth-order valence-electron chi connectivity index (χ4n) is 2.65. The molecule has 1 fully saturated rings. The summed E-state index contributed by atoms with van der Waals surface area (Å²) in [5.74, 6) is 0.694. The van der Waals surface area contributed by atoms with Gasteiger partial charge >= 0.3 is 0 Å². The van der Waals surface area contributed by atoms with Gasteiger partial charge < -0.3 is 10.4 Å². The lowest BCUT2D eigenvalue weighted by atomic mass is 9.68. The van der Waals surface area contributed by atoms with Gasteiger partial charge in [0, 0.05) is 12.5 Å². The quantitative estimate of drug-likeness (QED) is 0.814. The zero-order chi connectivity index (χ0) is 14.0. The maximum atomic E-state index is 11.5. The van der Waals surface area contributed by atoms with E-state index in [1.54, 1.807) is 0 Å². The fraction of sp³-hybridized carbons (Fsp3) is 0.933. The number of carbonyl (C=O) groups is 1. The van der Waals surface area contributed by atoms with Crippen molar-refractivity contribution >= 4 is 5.91 Å². The monoisotopic (exact) mass is 255 g/mol. The first-order valence-electron chi connectivity index (χ1n) is 7.14. The largest absolute Gasteiger partial charge is 0.388 e. The Hall–Kier alpha value is -0.570. The number of aliphatic hydroxyl groups is 1. The van der Waals surface area contributed by atoms with Crippen molar-refractivity contribution in [3.63, 3.8) is 0 Å². The Balaban J connectivity index is 2.43. The summed E-state index contributed by atoms with van der Waals surface area (Å²) in [6.45, 7) is 10.9. The Morgan fingerprint density at radius 1 is 1.33 bits per heavy atom. The van der Waals surface area contributed by atoms with Crippen LogP contribution in [0.5, 0.6) is 0 Å². The van der Waals surface area contributed by atoms with Crippen LogP contribution in [0.25, 0.3) is 0 Å². The van der Waals surface area contributed by atoms with E-state index in [4.69, 9.17) is 0 Å². The molecule has 1 saturated carbocycles. The number of hydrogen-bond donors (Lipinski definition) is 2. The van der Waals surface area contributed by atoms with Crippen LogP contribution in [0.15, 0.2) is 0 Å². The molecule has 0 saturated heterocycles. The Labute approximate surface area is 111 Å². The minimum atomic E-state index is -0.688. The molecule has 0 aromatic carbocycles. The van der Waals surface area contributed by atoms with Crippen LogP contribution in [0.2, 0.25) is 0 Å². The van der Waals surface area contributed by atoms with E-state index in [0.717, 1.165) is 25.7 Å². The maximum absolute atomic E-state index is 11.5. The van der Waals surface area contributed by atoms with Gasteiger partial charge in [0.05, 0.1) is 5.60 Å². The molecule has 0 radical (unpaired) electrons. The van der Waals surface area contributed by atoms with E-state index in [0.29, 0.717) is 17.9 Å². The summed E-state index contributed by atoms with van der Waals surface area (Å²) in [5.41, 5.74) is -0.366. The highest BCUT2D eigenvalue weighted by Crippen LogP contribution is 2.41. The second-order valence-electron chi connectivity index (χ2n) is 7.24. The molecule has 0 aromatic rings.